The topological polar surface area (TPSA) is 88.7 Å². The largest absolute Gasteiger partial charge is 0.493 e. The van der Waals surface area contributed by atoms with Crippen molar-refractivity contribution in [3.63, 3.8) is 0 Å². The van der Waals surface area contributed by atoms with Crippen molar-refractivity contribution in [2.75, 3.05) is 19.5 Å². The molecule has 31 heavy (non-hydrogen) atoms. The van der Waals surface area contributed by atoms with Gasteiger partial charge in [0.25, 0.3) is 0 Å². The molecule has 0 aliphatic carbocycles. The van der Waals surface area contributed by atoms with Crippen molar-refractivity contribution < 1.29 is 19.1 Å². The van der Waals surface area contributed by atoms with Crippen LogP contribution in [0.1, 0.15) is 16.0 Å². The summed E-state index contributed by atoms with van der Waals surface area (Å²) in [5.74, 6) is 1.20. The smallest absolute Gasteiger partial charge is 0.319 e. The summed E-state index contributed by atoms with van der Waals surface area (Å²) in [6.45, 7) is 0.880. The fourth-order valence-corrected chi connectivity index (χ4v) is 3.55. The number of carbonyl (C=O) groups is 2. The van der Waals surface area contributed by atoms with E-state index in [1.807, 2.05) is 41.8 Å². The van der Waals surface area contributed by atoms with E-state index in [-0.39, 0.29) is 18.4 Å². The van der Waals surface area contributed by atoms with Crippen molar-refractivity contribution in [2.24, 2.45) is 0 Å². The molecule has 8 heteroatoms. The number of benzene rings is 2. The van der Waals surface area contributed by atoms with Crippen LogP contribution in [0.5, 0.6) is 11.5 Å². The summed E-state index contributed by atoms with van der Waals surface area (Å²) in [5, 5.41) is 10.5. The summed E-state index contributed by atoms with van der Waals surface area (Å²) in [4.78, 5) is 25.4. The van der Waals surface area contributed by atoms with Gasteiger partial charge in [-0.2, -0.15) is 0 Å². The molecule has 3 amide bonds. The third kappa shape index (κ3) is 6.75. The molecule has 0 aliphatic rings. The van der Waals surface area contributed by atoms with Crippen molar-refractivity contribution >= 4 is 29.0 Å². The van der Waals surface area contributed by atoms with E-state index >= 15 is 0 Å². The molecule has 0 bridgehead atoms. The summed E-state index contributed by atoms with van der Waals surface area (Å²) in [7, 11) is 3.14. The van der Waals surface area contributed by atoms with E-state index in [0.29, 0.717) is 30.3 Å². The first-order valence-corrected chi connectivity index (χ1v) is 10.6. The predicted molar refractivity (Wildman–Crippen MR) is 122 cm³/mol. The van der Waals surface area contributed by atoms with Gasteiger partial charge in [-0.25, -0.2) is 4.79 Å². The first-order valence-electron chi connectivity index (χ1n) is 9.71. The Morgan fingerprint density at radius 1 is 0.871 bits per heavy atom. The summed E-state index contributed by atoms with van der Waals surface area (Å²) in [5.41, 5.74) is 2.41. The normalized spacial score (nSPS) is 10.3. The molecule has 1 aromatic heterocycles. The highest BCUT2D eigenvalue weighted by atomic mass is 32.1. The molecule has 1 heterocycles. The Morgan fingerprint density at radius 3 is 2.29 bits per heavy atom. The first kappa shape index (κ1) is 22.2. The van der Waals surface area contributed by atoms with Gasteiger partial charge in [-0.1, -0.05) is 24.3 Å². The Kier molecular flexibility index (Phi) is 7.89. The monoisotopic (exact) mass is 439 g/mol. The quantitative estimate of drug-likeness (QED) is 0.471. The van der Waals surface area contributed by atoms with Crippen LogP contribution in [0.25, 0.3) is 0 Å². The van der Waals surface area contributed by atoms with Gasteiger partial charge in [-0.3, -0.25) is 4.79 Å². The lowest BCUT2D eigenvalue weighted by Gasteiger charge is -2.11. The maximum Gasteiger partial charge on any atom is 0.319 e. The van der Waals surface area contributed by atoms with Crippen LogP contribution in [0.15, 0.2) is 60.0 Å². The van der Waals surface area contributed by atoms with Crippen LogP contribution in [0, 0.1) is 0 Å². The molecule has 0 saturated heterocycles. The fraction of sp³-hybridized carbons (Fsp3) is 0.217. The molecule has 0 saturated carbocycles. The molecule has 0 spiro atoms. The molecule has 3 N–H and O–H groups in total. The number of anilines is 1. The number of amides is 3. The van der Waals surface area contributed by atoms with Gasteiger partial charge in [0, 0.05) is 17.1 Å². The summed E-state index contributed by atoms with van der Waals surface area (Å²) >= 11 is 1.61. The molecule has 0 radical (unpaired) electrons. The minimum atomic E-state index is -0.323. The number of thiophene rings is 1. The molecule has 162 valence electrons. The number of rotatable bonds is 9. The zero-order valence-electron chi connectivity index (χ0n) is 17.4. The van der Waals surface area contributed by atoms with Gasteiger partial charge in [-0.15, -0.1) is 11.3 Å². The Bertz CT molecular complexity index is 1000. The van der Waals surface area contributed by atoms with Crippen LogP contribution in [0.2, 0.25) is 0 Å². The van der Waals surface area contributed by atoms with Gasteiger partial charge < -0.3 is 25.4 Å². The fourth-order valence-electron chi connectivity index (χ4n) is 2.90. The number of hydrogen-bond acceptors (Lipinski definition) is 5. The van der Waals surface area contributed by atoms with Crippen LogP contribution < -0.4 is 25.4 Å². The van der Waals surface area contributed by atoms with E-state index in [0.717, 1.165) is 16.0 Å². The number of urea groups is 1. The Balaban J connectivity index is 1.44. The van der Waals surface area contributed by atoms with Crippen LogP contribution in [0.3, 0.4) is 0 Å². The molecule has 0 atom stereocenters. The maximum absolute atomic E-state index is 12.2. The Hall–Kier alpha value is -3.52. The van der Waals surface area contributed by atoms with Crippen molar-refractivity contribution in [1.82, 2.24) is 10.6 Å². The zero-order valence-corrected chi connectivity index (χ0v) is 18.3. The summed E-state index contributed by atoms with van der Waals surface area (Å²) in [6, 6.07) is 16.3. The highest BCUT2D eigenvalue weighted by Gasteiger charge is 2.08. The zero-order chi connectivity index (χ0) is 22.1. The van der Waals surface area contributed by atoms with Crippen LogP contribution >= 0.6 is 11.3 Å². The lowest BCUT2D eigenvalue weighted by Crippen LogP contribution is -2.28. The molecule has 2 aromatic carbocycles. The molecule has 0 aliphatic heterocycles. The van der Waals surface area contributed by atoms with Gasteiger partial charge in [0.05, 0.1) is 27.2 Å². The molecule has 3 rings (SSSR count). The van der Waals surface area contributed by atoms with Crippen molar-refractivity contribution in [3.8, 4) is 11.5 Å². The van der Waals surface area contributed by atoms with Gasteiger partial charge in [0.1, 0.15) is 0 Å². The average molecular weight is 440 g/mol. The summed E-state index contributed by atoms with van der Waals surface area (Å²) < 4.78 is 10.5. The molecule has 0 unspecified atom stereocenters. The first-order chi connectivity index (χ1) is 15.1. The maximum atomic E-state index is 12.2. The highest BCUT2D eigenvalue weighted by molar-refractivity contribution is 7.09. The number of nitrogens with one attached hydrogen (secondary N) is 3. The molecular weight excluding hydrogens is 414 g/mol. The second-order valence-electron chi connectivity index (χ2n) is 6.73. The van der Waals surface area contributed by atoms with Crippen LogP contribution in [-0.4, -0.2) is 26.2 Å². The number of ether oxygens (including phenoxy) is 2. The van der Waals surface area contributed by atoms with E-state index in [1.165, 1.54) is 0 Å². The van der Waals surface area contributed by atoms with E-state index in [2.05, 4.69) is 16.0 Å². The van der Waals surface area contributed by atoms with Gasteiger partial charge in [0.15, 0.2) is 11.5 Å². The second-order valence-corrected chi connectivity index (χ2v) is 7.76. The molecular formula is C23H25N3O4S. The number of hydrogen-bond donors (Lipinski definition) is 3. The summed E-state index contributed by atoms with van der Waals surface area (Å²) in [6.07, 6.45) is 0.289. The van der Waals surface area contributed by atoms with E-state index < -0.39 is 0 Å². The third-order valence-corrected chi connectivity index (χ3v) is 5.39. The minimum absolute atomic E-state index is 0.0400. The lowest BCUT2D eigenvalue weighted by molar-refractivity contribution is -0.120. The predicted octanol–water partition coefficient (Wildman–Crippen LogP) is 3.95. The standard InChI is InChI=1S/C23H25N3O4S/c1-29-20-10-7-17(12-21(20)30-2)14-25-23(28)26-18-8-5-16(6-9-18)13-22(27)24-15-19-4-3-11-31-19/h3-12H,13-15H2,1-2H3,(H,24,27)(H2,25,26,28). The van der Waals surface area contributed by atoms with Gasteiger partial charge in [-0.05, 0) is 46.8 Å². The Labute approximate surface area is 185 Å². The average Bonchev–Trinajstić information content (AvgIpc) is 3.31. The van der Waals surface area contributed by atoms with Crippen molar-refractivity contribution in [2.45, 2.75) is 19.5 Å². The van der Waals surface area contributed by atoms with E-state index in [1.54, 1.807) is 43.8 Å². The molecule has 0 fully saturated rings. The van der Waals surface area contributed by atoms with Gasteiger partial charge in [0.2, 0.25) is 5.91 Å². The minimum Gasteiger partial charge on any atom is -0.493 e. The van der Waals surface area contributed by atoms with Crippen LogP contribution in [-0.2, 0) is 24.3 Å². The van der Waals surface area contributed by atoms with E-state index in [9.17, 15) is 9.59 Å². The number of methoxy groups -OCH3 is 2. The lowest BCUT2D eigenvalue weighted by atomic mass is 10.1. The van der Waals surface area contributed by atoms with Gasteiger partial charge >= 0.3 is 6.03 Å². The van der Waals surface area contributed by atoms with E-state index in [4.69, 9.17) is 9.47 Å². The molecule has 7 nitrogen and oxygen atoms in total. The SMILES string of the molecule is COc1ccc(CNC(=O)Nc2ccc(CC(=O)NCc3cccs3)cc2)cc1OC. The van der Waals surface area contributed by atoms with Crippen LogP contribution in [0.4, 0.5) is 10.5 Å². The second kappa shape index (κ2) is 11.0. The Morgan fingerprint density at radius 2 is 1.61 bits per heavy atom. The number of carbonyl (C=O) groups excluding carboxylic acids is 2. The van der Waals surface area contributed by atoms with Crippen molar-refractivity contribution in [3.05, 3.63) is 76.0 Å². The molecule has 3 aromatic rings. The van der Waals surface area contributed by atoms with Crippen molar-refractivity contribution in [1.29, 1.82) is 0 Å². The highest BCUT2D eigenvalue weighted by Crippen LogP contribution is 2.27. The third-order valence-electron chi connectivity index (χ3n) is 4.52.